The number of nitrogens with zero attached hydrogens (tertiary/aromatic N) is 3. The molecule has 0 unspecified atom stereocenters. The number of rotatable bonds is 4. The van der Waals surface area contributed by atoms with Crippen molar-refractivity contribution in [2.75, 3.05) is 17.7 Å². The van der Waals surface area contributed by atoms with Gasteiger partial charge in [-0.3, -0.25) is 10.1 Å². The van der Waals surface area contributed by atoms with E-state index in [0.717, 1.165) is 0 Å². The molecule has 0 saturated carbocycles. The van der Waals surface area contributed by atoms with E-state index >= 15 is 0 Å². The molecule has 2 rings (SSSR count). The van der Waals surface area contributed by atoms with Crippen molar-refractivity contribution in [3.63, 3.8) is 0 Å². The molecule has 1 aromatic carbocycles. The van der Waals surface area contributed by atoms with Crippen LogP contribution >= 0.6 is 0 Å². The van der Waals surface area contributed by atoms with E-state index in [1.807, 2.05) is 0 Å². The van der Waals surface area contributed by atoms with Crippen LogP contribution in [-0.2, 0) is 0 Å². The molecule has 104 valence electrons. The number of halogens is 1. The highest BCUT2D eigenvalue weighted by Gasteiger charge is 2.22. The Hall–Kier alpha value is -2.77. The monoisotopic (exact) mass is 277 g/mol. The number of nitrogens with one attached hydrogen (secondary N) is 2. The van der Waals surface area contributed by atoms with Crippen molar-refractivity contribution < 1.29 is 9.31 Å². The second-order valence-corrected chi connectivity index (χ2v) is 4.01. The van der Waals surface area contributed by atoms with E-state index in [1.54, 1.807) is 6.92 Å². The molecule has 0 aliphatic rings. The molecule has 0 aliphatic carbocycles. The first-order valence-electron chi connectivity index (χ1n) is 5.73. The summed E-state index contributed by atoms with van der Waals surface area (Å²) < 4.78 is 13.0. The van der Waals surface area contributed by atoms with Crippen molar-refractivity contribution in [3.8, 4) is 0 Å². The summed E-state index contributed by atoms with van der Waals surface area (Å²) in [6, 6.07) is 4.09. The van der Waals surface area contributed by atoms with Gasteiger partial charge in [-0.15, -0.1) is 0 Å². The fourth-order valence-electron chi connectivity index (χ4n) is 1.72. The molecule has 8 heteroatoms. The Balaban J connectivity index is 2.45. The van der Waals surface area contributed by atoms with E-state index in [-0.39, 0.29) is 23.1 Å². The average Bonchev–Trinajstić information content (AvgIpc) is 2.41. The summed E-state index contributed by atoms with van der Waals surface area (Å²) in [5, 5.41) is 16.6. The summed E-state index contributed by atoms with van der Waals surface area (Å²) in [6.07, 6.45) is 1.21. The molecule has 7 nitrogen and oxygen atoms in total. The van der Waals surface area contributed by atoms with Crippen LogP contribution in [-0.4, -0.2) is 21.9 Å². The Kier molecular flexibility index (Phi) is 3.74. The van der Waals surface area contributed by atoms with E-state index in [4.69, 9.17) is 0 Å². The minimum atomic E-state index is -0.576. The zero-order valence-corrected chi connectivity index (χ0v) is 10.8. The maximum atomic E-state index is 13.0. The Morgan fingerprint density at radius 3 is 2.60 bits per heavy atom. The van der Waals surface area contributed by atoms with E-state index < -0.39 is 4.92 Å². The largest absolute Gasteiger partial charge is 0.367 e. The van der Waals surface area contributed by atoms with E-state index in [1.165, 1.54) is 31.6 Å². The summed E-state index contributed by atoms with van der Waals surface area (Å²) >= 11 is 0. The third-order valence-electron chi connectivity index (χ3n) is 2.68. The van der Waals surface area contributed by atoms with Gasteiger partial charge in [-0.1, -0.05) is 0 Å². The molecule has 1 heterocycles. The van der Waals surface area contributed by atoms with Crippen molar-refractivity contribution in [1.29, 1.82) is 0 Å². The van der Waals surface area contributed by atoms with Crippen molar-refractivity contribution >= 4 is 23.0 Å². The molecule has 0 radical (unpaired) electrons. The first-order chi connectivity index (χ1) is 9.52. The van der Waals surface area contributed by atoms with Crippen LogP contribution in [0.2, 0.25) is 0 Å². The minimum Gasteiger partial charge on any atom is -0.367 e. The SMILES string of the molecule is CNc1ncnc(Nc2ccc(F)cc2C)c1[N+](=O)[O-]. The van der Waals surface area contributed by atoms with Gasteiger partial charge in [-0.05, 0) is 30.7 Å². The minimum absolute atomic E-state index is 0.0454. The van der Waals surface area contributed by atoms with Gasteiger partial charge in [-0.2, -0.15) is 0 Å². The predicted molar refractivity (Wildman–Crippen MR) is 72.7 cm³/mol. The van der Waals surface area contributed by atoms with Crippen LogP contribution in [0.3, 0.4) is 0 Å². The van der Waals surface area contributed by atoms with Crippen LogP contribution in [0, 0.1) is 22.9 Å². The van der Waals surface area contributed by atoms with Crippen LogP contribution in [0.5, 0.6) is 0 Å². The van der Waals surface area contributed by atoms with Gasteiger partial charge >= 0.3 is 5.69 Å². The highest BCUT2D eigenvalue weighted by atomic mass is 19.1. The molecule has 0 fully saturated rings. The second kappa shape index (κ2) is 5.47. The second-order valence-electron chi connectivity index (χ2n) is 4.01. The Morgan fingerprint density at radius 2 is 2.00 bits per heavy atom. The average molecular weight is 277 g/mol. The molecule has 20 heavy (non-hydrogen) atoms. The first kappa shape index (κ1) is 13.7. The van der Waals surface area contributed by atoms with Crippen LogP contribution in [0.4, 0.5) is 27.4 Å². The van der Waals surface area contributed by atoms with Gasteiger partial charge in [-0.25, -0.2) is 14.4 Å². The van der Waals surface area contributed by atoms with Crippen LogP contribution in [0.25, 0.3) is 0 Å². The Bertz CT molecular complexity index is 662. The third kappa shape index (κ3) is 2.63. The smallest absolute Gasteiger partial charge is 0.353 e. The van der Waals surface area contributed by atoms with Gasteiger partial charge in [0.15, 0.2) is 0 Å². The molecule has 0 bridgehead atoms. The van der Waals surface area contributed by atoms with Gasteiger partial charge in [0.2, 0.25) is 11.6 Å². The van der Waals surface area contributed by atoms with Crippen LogP contribution < -0.4 is 10.6 Å². The standard InChI is InChI=1S/C12H12FN5O2/c1-7-5-8(13)3-4-9(7)17-12-10(18(19)20)11(14-2)15-6-16-12/h3-6H,1-2H3,(H2,14,15,16,17). The summed E-state index contributed by atoms with van der Waals surface area (Å²) in [4.78, 5) is 18.2. The summed E-state index contributed by atoms with van der Waals surface area (Å²) in [5.41, 5.74) is 0.887. The molecule has 2 aromatic rings. The normalized spacial score (nSPS) is 10.2. The van der Waals surface area contributed by atoms with Crippen LogP contribution in [0.15, 0.2) is 24.5 Å². The number of nitro groups is 1. The molecular formula is C12H12FN5O2. The maximum Gasteiger partial charge on any atom is 0.353 e. The molecular weight excluding hydrogens is 265 g/mol. The molecule has 0 saturated heterocycles. The lowest BCUT2D eigenvalue weighted by Crippen LogP contribution is -2.05. The van der Waals surface area contributed by atoms with Crippen molar-refractivity contribution in [2.45, 2.75) is 6.92 Å². The van der Waals surface area contributed by atoms with Gasteiger partial charge < -0.3 is 10.6 Å². The van der Waals surface area contributed by atoms with Gasteiger partial charge in [0.1, 0.15) is 12.1 Å². The first-order valence-corrected chi connectivity index (χ1v) is 5.73. The van der Waals surface area contributed by atoms with Gasteiger partial charge in [0, 0.05) is 12.7 Å². The Morgan fingerprint density at radius 1 is 1.30 bits per heavy atom. The lowest BCUT2D eigenvalue weighted by Gasteiger charge is -2.10. The molecule has 0 atom stereocenters. The quantitative estimate of drug-likeness (QED) is 0.659. The van der Waals surface area contributed by atoms with Crippen molar-refractivity contribution in [1.82, 2.24) is 9.97 Å². The number of hydrogen-bond acceptors (Lipinski definition) is 6. The van der Waals surface area contributed by atoms with Crippen molar-refractivity contribution in [3.05, 3.63) is 46.0 Å². The molecule has 0 spiro atoms. The lowest BCUT2D eigenvalue weighted by atomic mass is 10.2. The number of aryl methyl sites for hydroxylation is 1. The highest BCUT2D eigenvalue weighted by molar-refractivity contribution is 5.74. The lowest BCUT2D eigenvalue weighted by molar-refractivity contribution is -0.383. The van der Waals surface area contributed by atoms with E-state index in [0.29, 0.717) is 11.3 Å². The van der Waals surface area contributed by atoms with Crippen molar-refractivity contribution in [2.24, 2.45) is 0 Å². The fraction of sp³-hybridized carbons (Fsp3) is 0.167. The number of aromatic nitrogens is 2. The number of anilines is 3. The third-order valence-corrected chi connectivity index (χ3v) is 2.68. The van der Waals surface area contributed by atoms with E-state index in [2.05, 4.69) is 20.6 Å². The maximum absolute atomic E-state index is 13.0. The zero-order chi connectivity index (χ0) is 14.7. The zero-order valence-electron chi connectivity index (χ0n) is 10.8. The summed E-state index contributed by atoms with van der Waals surface area (Å²) in [6.45, 7) is 1.69. The molecule has 0 amide bonds. The molecule has 0 aliphatic heterocycles. The topological polar surface area (TPSA) is 93.0 Å². The molecule has 1 aromatic heterocycles. The molecule has 2 N–H and O–H groups in total. The van der Waals surface area contributed by atoms with Crippen LogP contribution in [0.1, 0.15) is 5.56 Å². The fourth-order valence-corrected chi connectivity index (χ4v) is 1.72. The highest BCUT2D eigenvalue weighted by Crippen LogP contribution is 2.31. The Labute approximate surface area is 114 Å². The summed E-state index contributed by atoms with van der Waals surface area (Å²) in [5.74, 6) is -0.225. The van der Waals surface area contributed by atoms with Gasteiger partial charge in [0.05, 0.1) is 4.92 Å². The van der Waals surface area contributed by atoms with E-state index in [9.17, 15) is 14.5 Å². The predicted octanol–water partition coefficient (Wildman–Crippen LogP) is 2.62. The number of benzene rings is 1. The summed E-state index contributed by atoms with van der Waals surface area (Å²) in [7, 11) is 1.53. The number of hydrogen-bond donors (Lipinski definition) is 2. The van der Waals surface area contributed by atoms with Gasteiger partial charge in [0.25, 0.3) is 0 Å².